The molecule has 2 fully saturated rings. The van der Waals surface area contributed by atoms with Gasteiger partial charge in [0, 0.05) is 50.2 Å². The molecular formula is C29H40N4O3. The molecule has 1 aliphatic heterocycles. The first-order valence-electron chi connectivity index (χ1n) is 13.5. The van der Waals surface area contributed by atoms with Crippen LogP contribution >= 0.6 is 0 Å². The van der Waals surface area contributed by atoms with Gasteiger partial charge >= 0.3 is 0 Å². The minimum Gasteiger partial charge on any atom is -0.350 e. The van der Waals surface area contributed by atoms with E-state index in [1.807, 2.05) is 19.9 Å². The van der Waals surface area contributed by atoms with Gasteiger partial charge in [-0.2, -0.15) is 0 Å². The number of piperidine rings is 1. The molecule has 2 N–H and O–H groups in total. The molecule has 0 bridgehead atoms. The maximum absolute atomic E-state index is 13.3. The number of hydrogen-bond acceptors (Lipinski definition) is 4. The van der Waals surface area contributed by atoms with Crippen LogP contribution in [0.15, 0.2) is 47.5 Å². The minimum absolute atomic E-state index is 0.0138. The largest absolute Gasteiger partial charge is 0.350 e. The summed E-state index contributed by atoms with van der Waals surface area (Å²) >= 11 is 0. The van der Waals surface area contributed by atoms with Crippen LogP contribution in [0.3, 0.4) is 0 Å². The Balaban J connectivity index is 1.42. The fraction of sp³-hybridized carbons (Fsp3) is 0.552. The number of likely N-dealkylation sites (tertiary alicyclic amines) is 1. The number of pyridine rings is 1. The zero-order valence-corrected chi connectivity index (χ0v) is 21.7. The van der Waals surface area contributed by atoms with Crippen LogP contribution in [0, 0.1) is 0 Å². The third-order valence-corrected chi connectivity index (χ3v) is 7.49. The van der Waals surface area contributed by atoms with Gasteiger partial charge in [0.05, 0.1) is 0 Å². The van der Waals surface area contributed by atoms with Gasteiger partial charge in [0.15, 0.2) is 0 Å². The molecule has 0 atom stereocenters. The number of amides is 2. The van der Waals surface area contributed by atoms with Crippen molar-refractivity contribution >= 4 is 11.8 Å². The van der Waals surface area contributed by atoms with Crippen LogP contribution in [0.4, 0.5) is 0 Å². The Morgan fingerprint density at radius 3 is 1.89 bits per heavy atom. The van der Waals surface area contributed by atoms with Crippen LogP contribution in [0.1, 0.15) is 97.5 Å². The lowest BCUT2D eigenvalue weighted by Gasteiger charge is -2.32. The van der Waals surface area contributed by atoms with E-state index < -0.39 is 5.43 Å². The standard InChI is InChI=1S/C29H40N4O3/c1-21(2)33-19-25(28(35)30-23-12-8-3-4-9-13-23)27(34)26(20-33)29(36)31-24-14-16-32(17-15-24)18-22-10-6-5-7-11-22/h5-7,10-11,19-21,23-24H,3-4,8-9,12-18H2,1-2H3,(H,30,35)(H,31,36). The van der Waals surface area contributed by atoms with Crippen LogP contribution in [-0.4, -0.2) is 46.5 Å². The first-order valence-corrected chi connectivity index (χ1v) is 13.5. The smallest absolute Gasteiger partial charge is 0.256 e. The number of rotatable bonds is 7. The van der Waals surface area contributed by atoms with Crippen molar-refractivity contribution in [3.05, 3.63) is 69.6 Å². The summed E-state index contributed by atoms with van der Waals surface area (Å²) in [5.41, 5.74) is 0.896. The van der Waals surface area contributed by atoms with Gasteiger partial charge in [-0.25, -0.2) is 0 Å². The van der Waals surface area contributed by atoms with E-state index in [2.05, 4.69) is 39.8 Å². The molecule has 7 heteroatoms. The van der Waals surface area contributed by atoms with Crippen LogP contribution in [0.2, 0.25) is 0 Å². The van der Waals surface area contributed by atoms with Crippen molar-refractivity contribution in [2.24, 2.45) is 0 Å². The highest BCUT2D eigenvalue weighted by atomic mass is 16.2. The molecule has 194 valence electrons. The fourth-order valence-electron chi connectivity index (χ4n) is 5.25. The average Bonchev–Trinajstić information content (AvgIpc) is 3.14. The summed E-state index contributed by atoms with van der Waals surface area (Å²) in [6, 6.07) is 10.5. The summed E-state index contributed by atoms with van der Waals surface area (Å²) in [5, 5.41) is 6.14. The average molecular weight is 493 g/mol. The molecule has 2 heterocycles. The number of benzene rings is 1. The number of hydrogen-bond donors (Lipinski definition) is 2. The second-order valence-corrected chi connectivity index (χ2v) is 10.6. The van der Waals surface area contributed by atoms with E-state index in [0.29, 0.717) is 0 Å². The lowest BCUT2D eigenvalue weighted by molar-refractivity contribution is 0.0907. The Kier molecular flexibility index (Phi) is 8.97. The Labute approximate surface area is 214 Å². The number of carbonyl (C=O) groups excluding carboxylic acids is 2. The van der Waals surface area contributed by atoms with Gasteiger partial charge in [0.25, 0.3) is 11.8 Å². The molecular weight excluding hydrogens is 452 g/mol. The van der Waals surface area contributed by atoms with E-state index in [9.17, 15) is 14.4 Å². The van der Waals surface area contributed by atoms with Crippen molar-refractivity contribution in [2.45, 2.75) is 89.9 Å². The number of carbonyl (C=O) groups is 2. The van der Waals surface area contributed by atoms with E-state index in [4.69, 9.17) is 0 Å². The SMILES string of the molecule is CC(C)n1cc(C(=O)NC2CCCCCC2)c(=O)c(C(=O)NC2CCN(Cc3ccccc3)CC2)c1. The normalized spacial score (nSPS) is 18.1. The predicted molar refractivity (Wildman–Crippen MR) is 142 cm³/mol. The van der Waals surface area contributed by atoms with E-state index in [-0.39, 0.29) is 41.1 Å². The van der Waals surface area contributed by atoms with Crippen molar-refractivity contribution in [3.8, 4) is 0 Å². The van der Waals surface area contributed by atoms with E-state index in [1.165, 1.54) is 18.4 Å². The van der Waals surface area contributed by atoms with Crippen molar-refractivity contribution in [1.29, 1.82) is 0 Å². The van der Waals surface area contributed by atoms with Crippen molar-refractivity contribution < 1.29 is 9.59 Å². The van der Waals surface area contributed by atoms with Crippen LogP contribution in [0.25, 0.3) is 0 Å². The lowest BCUT2D eigenvalue weighted by Crippen LogP contribution is -2.46. The molecule has 2 amide bonds. The molecule has 1 saturated heterocycles. The predicted octanol–water partition coefficient (Wildman–Crippen LogP) is 4.28. The maximum atomic E-state index is 13.3. The number of nitrogens with zero attached hydrogens (tertiary/aromatic N) is 2. The van der Waals surface area contributed by atoms with Crippen LogP contribution in [-0.2, 0) is 6.54 Å². The Morgan fingerprint density at radius 1 is 0.833 bits per heavy atom. The highest BCUT2D eigenvalue weighted by Gasteiger charge is 2.25. The molecule has 1 saturated carbocycles. The molecule has 1 aromatic heterocycles. The molecule has 0 spiro atoms. The van der Waals surface area contributed by atoms with Crippen LogP contribution < -0.4 is 16.1 Å². The zero-order chi connectivity index (χ0) is 25.5. The second-order valence-electron chi connectivity index (χ2n) is 10.6. The van der Waals surface area contributed by atoms with Crippen molar-refractivity contribution in [3.63, 3.8) is 0 Å². The van der Waals surface area contributed by atoms with Gasteiger partial charge in [-0.15, -0.1) is 0 Å². The topological polar surface area (TPSA) is 83.4 Å². The third-order valence-electron chi connectivity index (χ3n) is 7.49. The first kappa shape index (κ1) is 26.1. The molecule has 2 aliphatic rings. The van der Waals surface area contributed by atoms with Crippen molar-refractivity contribution in [2.75, 3.05) is 13.1 Å². The molecule has 0 unspecified atom stereocenters. The van der Waals surface area contributed by atoms with Gasteiger partial charge in [0.1, 0.15) is 11.1 Å². The summed E-state index contributed by atoms with van der Waals surface area (Å²) in [5.74, 6) is -0.759. The van der Waals surface area contributed by atoms with Gasteiger partial charge in [-0.05, 0) is 45.1 Å². The minimum atomic E-state index is -0.489. The fourth-order valence-corrected chi connectivity index (χ4v) is 5.25. The Hall–Kier alpha value is -2.93. The molecule has 1 aromatic carbocycles. The van der Waals surface area contributed by atoms with E-state index in [0.717, 1.165) is 58.2 Å². The third kappa shape index (κ3) is 6.84. The molecule has 0 radical (unpaired) electrons. The van der Waals surface area contributed by atoms with E-state index in [1.54, 1.807) is 17.0 Å². The summed E-state index contributed by atoms with van der Waals surface area (Å²) in [6.45, 7) is 6.63. The summed E-state index contributed by atoms with van der Waals surface area (Å²) in [4.78, 5) is 42.0. The van der Waals surface area contributed by atoms with Gasteiger partial charge in [-0.1, -0.05) is 56.0 Å². The molecule has 2 aromatic rings. The van der Waals surface area contributed by atoms with Gasteiger partial charge < -0.3 is 15.2 Å². The maximum Gasteiger partial charge on any atom is 0.256 e. The highest BCUT2D eigenvalue weighted by molar-refractivity contribution is 5.99. The summed E-state index contributed by atoms with van der Waals surface area (Å²) in [7, 11) is 0. The van der Waals surface area contributed by atoms with Crippen LogP contribution in [0.5, 0.6) is 0 Å². The molecule has 36 heavy (non-hydrogen) atoms. The summed E-state index contributed by atoms with van der Waals surface area (Å²) in [6.07, 6.45) is 11.3. The summed E-state index contributed by atoms with van der Waals surface area (Å²) < 4.78 is 1.79. The Morgan fingerprint density at radius 2 is 1.36 bits per heavy atom. The van der Waals surface area contributed by atoms with Crippen molar-refractivity contribution in [1.82, 2.24) is 20.1 Å². The monoisotopic (exact) mass is 492 g/mol. The molecule has 4 rings (SSSR count). The highest BCUT2D eigenvalue weighted by Crippen LogP contribution is 2.18. The second kappa shape index (κ2) is 12.3. The lowest BCUT2D eigenvalue weighted by atomic mass is 10.0. The zero-order valence-electron chi connectivity index (χ0n) is 21.7. The quantitative estimate of drug-likeness (QED) is 0.565. The van der Waals surface area contributed by atoms with E-state index >= 15 is 0 Å². The number of aromatic nitrogens is 1. The number of nitrogens with one attached hydrogen (secondary N) is 2. The first-order chi connectivity index (χ1) is 17.4. The van der Waals surface area contributed by atoms with Gasteiger partial charge in [-0.3, -0.25) is 19.3 Å². The van der Waals surface area contributed by atoms with Gasteiger partial charge in [0.2, 0.25) is 5.43 Å². The molecule has 7 nitrogen and oxygen atoms in total. The molecule has 1 aliphatic carbocycles. The Bertz CT molecular complexity index is 1080.